The van der Waals surface area contributed by atoms with Gasteiger partial charge in [0.1, 0.15) is 18.8 Å². The van der Waals surface area contributed by atoms with Crippen molar-refractivity contribution in [1.29, 1.82) is 0 Å². The SMILES string of the molecule is C#C[C@]1(COP(=O)(O)OP(=O)(O)OP(=O)(O)O)O[C@@H](n2cc(F)c(N)nc2=S)C(O)[C@H]1O. The molecule has 1 aliphatic heterocycles. The molecule has 180 valence electrons. The summed E-state index contributed by atoms with van der Waals surface area (Å²) < 4.78 is 64.7. The van der Waals surface area contributed by atoms with Crippen molar-refractivity contribution in [3.8, 4) is 12.3 Å². The zero-order valence-electron chi connectivity index (χ0n) is 15.2. The molecule has 0 saturated carbocycles. The maximum absolute atomic E-state index is 13.8. The zero-order valence-corrected chi connectivity index (χ0v) is 18.7. The highest BCUT2D eigenvalue weighted by atomic mass is 32.1. The van der Waals surface area contributed by atoms with Crippen molar-refractivity contribution >= 4 is 41.5 Å². The van der Waals surface area contributed by atoms with Gasteiger partial charge in [0.15, 0.2) is 23.5 Å². The Morgan fingerprint density at radius 2 is 1.88 bits per heavy atom. The molecule has 2 rings (SSSR count). The van der Waals surface area contributed by atoms with Gasteiger partial charge in [-0.05, 0) is 12.2 Å². The van der Waals surface area contributed by atoms with Crippen LogP contribution in [-0.4, -0.2) is 63.8 Å². The smallest absolute Gasteiger partial charge is 0.386 e. The van der Waals surface area contributed by atoms with Crippen LogP contribution in [0, 0.1) is 22.9 Å². The molecule has 1 saturated heterocycles. The van der Waals surface area contributed by atoms with Gasteiger partial charge >= 0.3 is 23.5 Å². The van der Waals surface area contributed by atoms with Crippen LogP contribution >= 0.6 is 35.7 Å². The molecule has 0 radical (unpaired) electrons. The highest BCUT2D eigenvalue weighted by molar-refractivity contribution is 7.71. The van der Waals surface area contributed by atoms with Gasteiger partial charge in [-0.2, -0.15) is 13.6 Å². The van der Waals surface area contributed by atoms with Crippen molar-refractivity contribution in [3.05, 3.63) is 16.8 Å². The summed E-state index contributed by atoms with van der Waals surface area (Å²) in [5.74, 6) is 0.210. The fraction of sp³-hybridized carbons (Fsp3) is 0.455. The van der Waals surface area contributed by atoms with Crippen molar-refractivity contribution in [2.75, 3.05) is 12.3 Å². The molecule has 6 atom stereocenters. The molecular formula is C11H15FN3O13P3S. The van der Waals surface area contributed by atoms with E-state index in [1.165, 1.54) is 0 Å². The van der Waals surface area contributed by atoms with Gasteiger partial charge in [-0.3, -0.25) is 9.09 Å². The van der Waals surface area contributed by atoms with Gasteiger partial charge in [-0.15, -0.1) is 6.42 Å². The van der Waals surface area contributed by atoms with Gasteiger partial charge in [-0.1, -0.05) is 5.92 Å². The van der Waals surface area contributed by atoms with Crippen LogP contribution in [0.1, 0.15) is 6.23 Å². The number of rotatable bonds is 8. The van der Waals surface area contributed by atoms with Crippen LogP contribution in [-0.2, 0) is 31.6 Å². The van der Waals surface area contributed by atoms with Crippen LogP contribution in [0.2, 0.25) is 0 Å². The Bertz CT molecular complexity index is 1140. The molecule has 32 heavy (non-hydrogen) atoms. The molecule has 0 bridgehead atoms. The Hall–Kier alpha value is -1.12. The van der Waals surface area contributed by atoms with Gasteiger partial charge in [0.2, 0.25) is 4.77 Å². The number of nitrogens with two attached hydrogens (primary N) is 1. The first kappa shape index (κ1) is 27.1. The third kappa shape index (κ3) is 6.26. The summed E-state index contributed by atoms with van der Waals surface area (Å²) in [4.78, 5) is 39.2. The van der Waals surface area contributed by atoms with E-state index in [2.05, 4.69) is 18.1 Å². The van der Waals surface area contributed by atoms with E-state index in [1.54, 1.807) is 0 Å². The first-order valence-corrected chi connectivity index (χ1v) is 12.7. The van der Waals surface area contributed by atoms with Crippen molar-refractivity contribution < 1.29 is 65.8 Å². The van der Waals surface area contributed by atoms with Crippen molar-refractivity contribution in [1.82, 2.24) is 9.55 Å². The molecule has 8 N–H and O–H groups in total. The van der Waals surface area contributed by atoms with Crippen molar-refractivity contribution in [2.24, 2.45) is 0 Å². The lowest BCUT2D eigenvalue weighted by molar-refractivity contribution is -0.0916. The number of aromatic nitrogens is 2. The summed E-state index contributed by atoms with van der Waals surface area (Å²) in [5, 5.41) is 20.6. The van der Waals surface area contributed by atoms with E-state index in [4.69, 9.17) is 43.8 Å². The fourth-order valence-electron chi connectivity index (χ4n) is 2.41. The van der Waals surface area contributed by atoms with Crippen LogP contribution in [0.25, 0.3) is 0 Å². The molecule has 1 fully saturated rings. The third-order valence-electron chi connectivity index (χ3n) is 3.74. The summed E-state index contributed by atoms with van der Waals surface area (Å²) >= 11 is 4.87. The Morgan fingerprint density at radius 1 is 1.28 bits per heavy atom. The Labute approximate surface area is 182 Å². The van der Waals surface area contributed by atoms with E-state index < -0.39 is 70.5 Å². The minimum absolute atomic E-state index is 0.402. The number of aliphatic hydroxyl groups excluding tert-OH is 2. The number of phosphoric ester groups is 1. The second kappa shape index (κ2) is 9.26. The second-order valence-corrected chi connectivity index (χ2v) is 10.8. The lowest BCUT2D eigenvalue weighted by Crippen LogP contribution is -2.45. The summed E-state index contributed by atoms with van der Waals surface area (Å²) in [6.07, 6.45) is 0.279. The fourth-order valence-corrected chi connectivity index (χ4v) is 5.71. The first-order chi connectivity index (χ1) is 14.4. The summed E-state index contributed by atoms with van der Waals surface area (Å²) in [7, 11) is -17.1. The molecule has 1 aromatic rings. The van der Waals surface area contributed by atoms with Crippen molar-refractivity contribution in [2.45, 2.75) is 24.0 Å². The Morgan fingerprint density at radius 3 is 2.41 bits per heavy atom. The van der Waals surface area contributed by atoms with Crippen molar-refractivity contribution in [3.63, 3.8) is 0 Å². The average molecular weight is 541 g/mol. The molecule has 16 nitrogen and oxygen atoms in total. The molecule has 0 aliphatic carbocycles. The van der Waals surface area contributed by atoms with Gasteiger partial charge < -0.3 is 40.3 Å². The minimum atomic E-state index is -5.82. The number of halogens is 1. The normalized spacial score (nSPS) is 29.8. The van der Waals surface area contributed by atoms with E-state index in [9.17, 15) is 33.2 Å². The summed E-state index contributed by atoms with van der Waals surface area (Å²) in [6.45, 7) is -1.29. The Balaban J connectivity index is 2.25. The minimum Gasteiger partial charge on any atom is -0.386 e. The molecule has 0 amide bonds. The molecule has 0 aromatic carbocycles. The predicted octanol–water partition coefficient (Wildman–Crippen LogP) is -0.700. The quantitative estimate of drug-likeness (QED) is 0.122. The van der Waals surface area contributed by atoms with Gasteiger partial charge in [0.25, 0.3) is 0 Å². The topological polar surface area (TPSA) is 253 Å². The molecule has 1 aromatic heterocycles. The molecular weight excluding hydrogens is 526 g/mol. The third-order valence-corrected chi connectivity index (χ3v) is 7.82. The Kier molecular flexibility index (Phi) is 7.85. The highest BCUT2D eigenvalue weighted by Gasteiger charge is 2.56. The lowest BCUT2D eigenvalue weighted by atomic mass is 9.97. The lowest BCUT2D eigenvalue weighted by Gasteiger charge is -2.27. The number of phosphoric acid groups is 3. The van der Waals surface area contributed by atoms with E-state index >= 15 is 0 Å². The molecule has 2 heterocycles. The predicted molar refractivity (Wildman–Crippen MR) is 101 cm³/mol. The van der Waals surface area contributed by atoms with Crippen LogP contribution < -0.4 is 5.73 Å². The van der Waals surface area contributed by atoms with Crippen LogP contribution in [0.15, 0.2) is 6.20 Å². The number of terminal acetylenes is 1. The number of nitrogen functional groups attached to an aromatic ring is 1. The van der Waals surface area contributed by atoms with Crippen LogP contribution in [0.5, 0.6) is 0 Å². The number of anilines is 1. The van der Waals surface area contributed by atoms with E-state index in [1.807, 2.05) is 5.92 Å². The summed E-state index contributed by atoms with van der Waals surface area (Å²) in [5.41, 5.74) is 2.84. The number of hydrogen-bond donors (Lipinski definition) is 7. The number of nitrogens with zero attached hydrogens (tertiary/aromatic N) is 2. The number of hydrogen-bond acceptors (Lipinski definition) is 12. The van der Waals surface area contributed by atoms with Crippen LogP contribution in [0.3, 0.4) is 0 Å². The molecule has 21 heteroatoms. The zero-order chi connectivity index (χ0) is 24.7. The second-order valence-electron chi connectivity index (χ2n) is 6.01. The molecule has 3 unspecified atom stereocenters. The van der Waals surface area contributed by atoms with Gasteiger partial charge in [0, 0.05) is 6.20 Å². The largest absolute Gasteiger partial charge is 0.490 e. The number of ether oxygens (including phenoxy) is 1. The standard InChI is InChI=1S/C11H15FN3O13P3S/c1-2-11(4-25-30(21,22)28-31(23,24)27-29(18,19)20)7(17)6(16)9(26-11)15-3-5(12)8(13)14-10(15)32/h1,3,6-7,9,16-17H,4H2,(H,21,22)(H,23,24)(H2,13,14,32)(H2,18,19,20)/t6?,7-,9-,11-/m1/s1. The van der Waals surface area contributed by atoms with E-state index in [-0.39, 0.29) is 0 Å². The molecule has 0 spiro atoms. The van der Waals surface area contributed by atoms with E-state index in [0.29, 0.717) is 6.20 Å². The monoisotopic (exact) mass is 541 g/mol. The maximum Gasteiger partial charge on any atom is 0.490 e. The number of aliphatic hydroxyl groups is 2. The van der Waals surface area contributed by atoms with Gasteiger partial charge in [0.05, 0.1) is 0 Å². The van der Waals surface area contributed by atoms with E-state index in [0.717, 1.165) is 4.57 Å². The van der Waals surface area contributed by atoms with Gasteiger partial charge in [-0.25, -0.2) is 18.1 Å². The first-order valence-electron chi connectivity index (χ1n) is 7.76. The highest BCUT2D eigenvalue weighted by Crippen LogP contribution is 2.66. The summed E-state index contributed by atoms with van der Waals surface area (Å²) in [6, 6.07) is 0. The average Bonchev–Trinajstić information content (AvgIpc) is 2.85. The molecule has 1 aliphatic rings. The maximum atomic E-state index is 13.8. The van der Waals surface area contributed by atoms with Crippen LogP contribution in [0.4, 0.5) is 10.2 Å².